The second kappa shape index (κ2) is 3.75. The highest BCUT2D eigenvalue weighted by Crippen LogP contribution is 2.14. The first-order valence-electron chi connectivity index (χ1n) is 4.71. The summed E-state index contributed by atoms with van der Waals surface area (Å²) in [6, 6.07) is 3.93. The molecule has 1 saturated heterocycles. The summed E-state index contributed by atoms with van der Waals surface area (Å²) in [7, 11) is 0. The number of nitrogens with zero attached hydrogens (tertiary/aromatic N) is 1. The molecule has 1 aromatic rings. The molecule has 1 fully saturated rings. The van der Waals surface area contributed by atoms with E-state index in [1.54, 1.807) is 6.20 Å². The molecule has 13 heavy (non-hydrogen) atoms. The van der Waals surface area contributed by atoms with Crippen LogP contribution in [0.1, 0.15) is 12.6 Å². The van der Waals surface area contributed by atoms with Gasteiger partial charge in [0, 0.05) is 31.0 Å². The molecule has 0 unspecified atom stereocenters. The van der Waals surface area contributed by atoms with Crippen LogP contribution in [0.4, 0.5) is 0 Å². The van der Waals surface area contributed by atoms with Gasteiger partial charge in [0.25, 0.3) is 0 Å². The third kappa shape index (κ3) is 1.98. The zero-order valence-electron chi connectivity index (χ0n) is 7.79. The molecule has 2 rings (SSSR count). The van der Waals surface area contributed by atoms with E-state index in [2.05, 4.69) is 17.2 Å². The lowest BCUT2D eigenvalue weighted by Crippen LogP contribution is -2.50. The summed E-state index contributed by atoms with van der Waals surface area (Å²) in [4.78, 5) is 4.21. The number of hydrogen-bond donors (Lipinski definition) is 1. The molecule has 0 aliphatic carbocycles. The van der Waals surface area contributed by atoms with E-state index in [-0.39, 0.29) is 0 Å². The van der Waals surface area contributed by atoms with E-state index in [0.29, 0.717) is 6.10 Å². The fraction of sp³-hybridized carbons (Fsp3) is 0.500. The van der Waals surface area contributed by atoms with E-state index in [4.69, 9.17) is 4.74 Å². The van der Waals surface area contributed by atoms with E-state index in [9.17, 15) is 0 Å². The third-order valence-electron chi connectivity index (χ3n) is 2.20. The topological polar surface area (TPSA) is 34.1 Å². The van der Waals surface area contributed by atoms with Gasteiger partial charge in [-0.15, -0.1) is 0 Å². The van der Waals surface area contributed by atoms with E-state index < -0.39 is 0 Å². The standard InChI is InChI=1S/C10H14N2O/c1-2-8-5-9(3-4-12-8)13-10-6-11-7-10/h3-5,10-11H,2,6-7H2,1H3. The molecule has 1 aliphatic rings. The molecule has 2 heterocycles. The second-order valence-corrected chi connectivity index (χ2v) is 3.23. The number of aromatic nitrogens is 1. The van der Waals surface area contributed by atoms with Gasteiger partial charge in [-0.2, -0.15) is 0 Å². The molecular weight excluding hydrogens is 164 g/mol. The molecule has 1 aromatic heterocycles. The normalized spacial score (nSPS) is 16.7. The van der Waals surface area contributed by atoms with Crippen molar-refractivity contribution in [3.05, 3.63) is 24.0 Å². The van der Waals surface area contributed by atoms with Crippen molar-refractivity contribution in [1.29, 1.82) is 0 Å². The molecule has 0 aromatic carbocycles. The largest absolute Gasteiger partial charge is 0.488 e. The van der Waals surface area contributed by atoms with Crippen molar-refractivity contribution in [3.8, 4) is 5.75 Å². The Morgan fingerprint density at radius 2 is 2.46 bits per heavy atom. The van der Waals surface area contributed by atoms with Crippen LogP contribution in [0, 0.1) is 0 Å². The maximum absolute atomic E-state index is 5.69. The number of hydrogen-bond acceptors (Lipinski definition) is 3. The van der Waals surface area contributed by atoms with Crippen molar-refractivity contribution in [2.24, 2.45) is 0 Å². The quantitative estimate of drug-likeness (QED) is 0.749. The molecule has 3 nitrogen and oxygen atoms in total. The van der Waals surface area contributed by atoms with Gasteiger partial charge in [-0.05, 0) is 12.5 Å². The highest BCUT2D eigenvalue weighted by molar-refractivity contribution is 5.23. The average Bonchev–Trinajstić information content (AvgIpc) is 2.12. The van der Waals surface area contributed by atoms with Crippen molar-refractivity contribution in [2.45, 2.75) is 19.4 Å². The van der Waals surface area contributed by atoms with Gasteiger partial charge in [-0.1, -0.05) is 6.92 Å². The van der Waals surface area contributed by atoms with E-state index in [1.165, 1.54) is 0 Å². The minimum absolute atomic E-state index is 0.354. The molecule has 1 aliphatic heterocycles. The first kappa shape index (κ1) is 8.51. The number of aryl methyl sites for hydroxylation is 1. The summed E-state index contributed by atoms with van der Waals surface area (Å²) in [6.45, 7) is 4.02. The van der Waals surface area contributed by atoms with Crippen molar-refractivity contribution in [2.75, 3.05) is 13.1 Å². The number of nitrogens with one attached hydrogen (secondary N) is 1. The smallest absolute Gasteiger partial charge is 0.123 e. The molecule has 70 valence electrons. The first-order chi connectivity index (χ1) is 6.38. The summed E-state index contributed by atoms with van der Waals surface area (Å²) in [6.07, 6.45) is 3.12. The van der Waals surface area contributed by atoms with Gasteiger partial charge < -0.3 is 10.1 Å². The number of ether oxygens (including phenoxy) is 1. The Morgan fingerprint density at radius 3 is 3.08 bits per heavy atom. The third-order valence-corrected chi connectivity index (χ3v) is 2.20. The SMILES string of the molecule is CCc1cc(OC2CNC2)ccn1. The molecule has 0 saturated carbocycles. The molecule has 0 radical (unpaired) electrons. The van der Waals surface area contributed by atoms with Crippen LogP contribution in [0.15, 0.2) is 18.3 Å². The maximum Gasteiger partial charge on any atom is 0.123 e. The van der Waals surface area contributed by atoms with Crippen LogP contribution in [-0.4, -0.2) is 24.2 Å². The Morgan fingerprint density at radius 1 is 1.62 bits per heavy atom. The minimum atomic E-state index is 0.354. The summed E-state index contributed by atoms with van der Waals surface area (Å²) in [5.41, 5.74) is 1.09. The molecule has 1 N–H and O–H groups in total. The fourth-order valence-electron chi connectivity index (χ4n) is 1.26. The summed E-state index contributed by atoms with van der Waals surface area (Å²) < 4.78 is 5.69. The fourth-order valence-corrected chi connectivity index (χ4v) is 1.26. The van der Waals surface area contributed by atoms with Gasteiger partial charge in [-0.25, -0.2) is 0 Å². The number of pyridine rings is 1. The molecule has 0 amide bonds. The monoisotopic (exact) mass is 178 g/mol. The zero-order valence-corrected chi connectivity index (χ0v) is 7.79. The summed E-state index contributed by atoms with van der Waals surface area (Å²) >= 11 is 0. The van der Waals surface area contributed by atoms with Crippen molar-refractivity contribution < 1.29 is 4.74 Å². The van der Waals surface area contributed by atoms with Crippen molar-refractivity contribution in [3.63, 3.8) is 0 Å². The predicted molar refractivity (Wildman–Crippen MR) is 50.9 cm³/mol. The summed E-state index contributed by atoms with van der Waals surface area (Å²) in [5.74, 6) is 0.943. The Hall–Kier alpha value is -1.09. The zero-order chi connectivity index (χ0) is 9.10. The van der Waals surface area contributed by atoms with Gasteiger partial charge in [0.1, 0.15) is 11.9 Å². The van der Waals surface area contributed by atoms with Crippen LogP contribution < -0.4 is 10.1 Å². The first-order valence-corrected chi connectivity index (χ1v) is 4.71. The van der Waals surface area contributed by atoms with Crippen LogP contribution in [-0.2, 0) is 6.42 Å². The van der Waals surface area contributed by atoms with E-state index in [0.717, 1.165) is 31.0 Å². The van der Waals surface area contributed by atoms with Gasteiger partial charge >= 0.3 is 0 Å². The van der Waals surface area contributed by atoms with Crippen molar-refractivity contribution >= 4 is 0 Å². The van der Waals surface area contributed by atoms with Gasteiger partial charge in [0.2, 0.25) is 0 Å². The lowest BCUT2D eigenvalue weighted by molar-refractivity contribution is 0.142. The summed E-state index contributed by atoms with van der Waals surface area (Å²) in [5, 5.41) is 3.17. The highest BCUT2D eigenvalue weighted by Gasteiger charge is 2.17. The molecular formula is C10H14N2O. The molecule has 0 bridgehead atoms. The van der Waals surface area contributed by atoms with Gasteiger partial charge in [0.15, 0.2) is 0 Å². The minimum Gasteiger partial charge on any atom is -0.488 e. The lowest BCUT2D eigenvalue weighted by atomic mass is 10.2. The van der Waals surface area contributed by atoms with Crippen molar-refractivity contribution in [1.82, 2.24) is 10.3 Å². The average molecular weight is 178 g/mol. The molecule has 3 heteroatoms. The van der Waals surface area contributed by atoms with Crippen LogP contribution in [0.3, 0.4) is 0 Å². The van der Waals surface area contributed by atoms with Gasteiger partial charge in [-0.3, -0.25) is 4.98 Å². The highest BCUT2D eigenvalue weighted by atomic mass is 16.5. The maximum atomic E-state index is 5.69. The second-order valence-electron chi connectivity index (χ2n) is 3.23. The Kier molecular flexibility index (Phi) is 2.45. The Labute approximate surface area is 78.1 Å². The van der Waals surface area contributed by atoms with Crippen LogP contribution >= 0.6 is 0 Å². The van der Waals surface area contributed by atoms with Crippen LogP contribution in [0.2, 0.25) is 0 Å². The van der Waals surface area contributed by atoms with Crippen LogP contribution in [0.25, 0.3) is 0 Å². The van der Waals surface area contributed by atoms with E-state index >= 15 is 0 Å². The van der Waals surface area contributed by atoms with Crippen LogP contribution in [0.5, 0.6) is 5.75 Å². The van der Waals surface area contributed by atoms with E-state index in [1.807, 2.05) is 12.1 Å². The Bertz CT molecular complexity index is 284. The molecule has 0 atom stereocenters. The molecule has 0 spiro atoms. The van der Waals surface area contributed by atoms with Gasteiger partial charge in [0.05, 0.1) is 0 Å². The number of rotatable bonds is 3. The lowest BCUT2D eigenvalue weighted by Gasteiger charge is -2.27. The Balaban J connectivity index is 2.01. The predicted octanol–water partition coefficient (Wildman–Crippen LogP) is 0.995.